The Hall–Kier alpha value is -1.84. The van der Waals surface area contributed by atoms with Crippen LogP contribution in [0.5, 0.6) is 0 Å². The van der Waals surface area contributed by atoms with Gasteiger partial charge in [-0.25, -0.2) is 4.98 Å². The summed E-state index contributed by atoms with van der Waals surface area (Å²) >= 11 is 0. The van der Waals surface area contributed by atoms with E-state index in [9.17, 15) is 4.79 Å². The number of pyridine rings is 1. The third kappa shape index (κ3) is 4.08. The Morgan fingerprint density at radius 3 is 2.80 bits per heavy atom. The van der Waals surface area contributed by atoms with Gasteiger partial charge in [-0.05, 0) is 44.2 Å². The number of nitrogens with one attached hydrogen (secondary N) is 1. The Bertz CT molecular complexity index is 477. The maximum Gasteiger partial charge on any atom is 0.254 e. The molecule has 1 N–H and O–H groups in total. The Balaban J connectivity index is 1.81. The van der Waals surface area contributed by atoms with Gasteiger partial charge in [-0.3, -0.25) is 4.79 Å². The van der Waals surface area contributed by atoms with Gasteiger partial charge in [0.2, 0.25) is 0 Å². The molecule has 2 rings (SSSR count). The lowest BCUT2D eigenvalue weighted by Crippen LogP contribution is -2.21. The van der Waals surface area contributed by atoms with E-state index in [0.29, 0.717) is 5.56 Å². The normalized spacial score (nSPS) is 14.6. The Morgan fingerprint density at radius 2 is 2.20 bits per heavy atom. The molecule has 0 unspecified atom stereocenters. The Kier molecular flexibility index (Phi) is 5.16. The second kappa shape index (κ2) is 7.08. The van der Waals surface area contributed by atoms with Crippen LogP contribution in [-0.4, -0.2) is 36.4 Å². The minimum Gasteiger partial charge on any atom is -0.370 e. The topological polar surface area (TPSA) is 45.2 Å². The van der Waals surface area contributed by atoms with Crippen molar-refractivity contribution in [3.05, 3.63) is 35.5 Å². The molecule has 1 aromatic rings. The van der Waals surface area contributed by atoms with Crippen LogP contribution in [-0.2, 0) is 0 Å². The molecule has 1 aliphatic rings. The van der Waals surface area contributed by atoms with Crippen molar-refractivity contribution < 1.29 is 4.79 Å². The first kappa shape index (κ1) is 14.6. The van der Waals surface area contributed by atoms with Crippen molar-refractivity contribution >= 4 is 11.7 Å². The van der Waals surface area contributed by atoms with Crippen LogP contribution in [0.2, 0.25) is 0 Å². The van der Waals surface area contributed by atoms with Crippen molar-refractivity contribution in [2.45, 2.75) is 32.1 Å². The highest BCUT2D eigenvalue weighted by Gasteiger charge is 2.08. The minimum absolute atomic E-state index is 0.0172. The summed E-state index contributed by atoms with van der Waals surface area (Å²) in [5, 5.41) is 3.31. The fourth-order valence-corrected chi connectivity index (χ4v) is 2.37. The van der Waals surface area contributed by atoms with Gasteiger partial charge in [-0.1, -0.05) is 11.6 Å². The van der Waals surface area contributed by atoms with Crippen LogP contribution in [0, 0.1) is 0 Å². The third-order valence-electron chi connectivity index (χ3n) is 3.55. The first-order valence-electron chi connectivity index (χ1n) is 7.26. The predicted molar refractivity (Wildman–Crippen MR) is 81.9 cm³/mol. The highest BCUT2D eigenvalue weighted by molar-refractivity contribution is 5.93. The number of anilines is 1. The predicted octanol–water partition coefficient (Wildman–Crippen LogP) is 3.09. The van der Waals surface area contributed by atoms with E-state index in [2.05, 4.69) is 16.4 Å². The van der Waals surface area contributed by atoms with E-state index in [1.807, 2.05) is 12.1 Å². The fraction of sp³-hybridized carbons (Fsp3) is 0.500. The molecule has 0 bridgehead atoms. The summed E-state index contributed by atoms with van der Waals surface area (Å²) in [7, 11) is 3.48. The van der Waals surface area contributed by atoms with Gasteiger partial charge >= 0.3 is 0 Å². The van der Waals surface area contributed by atoms with E-state index in [1.54, 1.807) is 30.8 Å². The van der Waals surface area contributed by atoms with Crippen LogP contribution in [0.15, 0.2) is 30.0 Å². The molecule has 4 nitrogen and oxygen atoms in total. The summed E-state index contributed by atoms with van der Waals surface area (Å²) in [5.41, 5.74) is 2.18. The molecule has 1 aromatic heterocycles. The van der Waals surface area contributed by atoms with Crippen molar-refractivity contribution in [3.8, 4) is 0 Å². The molecule has 4 heteroatoms. The maximum absolute atomic E-state index is 11.7. The number of hydrogen-bond donors (Lipinski definition) is 1. The van der Waals surface area contributed by atoms with Gasteiger partial charge in [0.1, 0.15) is 5.82 Å². The molecule has 0 saturated carbocycles. The number of rotatable bonds is 5. The highest BCUT2D eigenvalue weighted by Crippen LogP contribution is 2.19. The smallest absolute Gasteiger partial charge is 0.254 e. The van der Waals surface area contributed by atoms with Gasteiger partial charge in [0.15, 0.2) is 0 Å². The molecule has 1 amide bonds. The van der Waals surface area contributed by atoms with Gasteiger partial charge in [0.05, 0.1) is 5.56 Å². The van der Waals surface area contributed by atoms with Gasteiger partial charge < -0.3 is 10.2 Å². The summed E-state index contributed by atoms with van der Waals surface area (Å²) < 4.78 is 0. The number of carbonyl (C=O) groups is 1. The standard InChI is InChI=1S/C16H23N3O/c1-19(2)16(20)14-8-9-15(18-12-14)17-11-10-13-6-4-3-5-7-13/h6,8-9,12H,3-5,7,10-11H2,1-2H3,(H,17,18). The zero-order valence-corrected chi connectivity index (χ0v) is 12.4. The summed E-state index contributed by atoms with van der Waals surface area (Å²) in [5.74, 6) is 0.813. The quantitative estimate of drug-likeness (QED) is 0.839. The van der Waals surface area contributed by atoms with E-state index >= 15 is 0 Å². The maximum atomic E-state index is 11.7. The average molecular weight is 273 g/mol. The molecule has 0 radical (unpaired) electrons. The number of carbonyl (C=O) groups excluding carboxylic acids is 1. The second-order valence-corrected chi connectivity index (χ2v) is 5.42. The number of nitrogens with zero attached hydrogens (tertiary/aromatic N) is 2. The molecule has 0 spiro atoms. The molecule has 20 heavy (non-hydrogen) atoms. The van der Waals surface area contributed by atoms with Gasteiger partial charge in [-0.2, -0.15) is 0 Å². The lowest BCUT2D eigenvalue weighted by Gasteiger charge is -2.13. The van der Waals surface area contributed by atoms with E-state index in [0.717, 1.165) is 18.8 Å². The first-order chi connectivity index (χ1) is 9.66. The summed E-state index contributed by atoms with van der Waals surface area (Å²) in [4.78, 5) is 17.6. The fourth-order valence-electron chi connectivity index (χ4n) is 2.37. The SMILES string of the molecule is CN(C)C(=O)c1ccc(NCCC2=CCCCC2)nc1. The van der Waals surface area contributed by atoms with Gasteiger partial charge in [0, 0.05) is 26.8 Å². The molecular weight excluding hydrogens is 250 g/mol. The molecule has 108 valence electrons. The Morgan fingerprint density at radius 1 is 1.35 bits per heavy atom. The molecule has 1 aliphatic carbocycles. The summed E-state index contributed by atoms with van der Waals surface area (Å²) in [6, 6.07) is 3.68. The largest absolute Gasteiger partial charge is 0.370 e. The number of allylic oxidation sites excluding steroid dienone is 1. The second-order valence-electron chi connectivity index (χ2n) is 5.42. The molecule has 0 saturated heterocycles. The lowest BCUT2D eigenvalue weighted by atomic mass is 9.97. The van der Waals surface area contributed by atoms with Gasteiger partial charge in [0.25, 0.3) is 5.91 Å². The van der Waals surface area contributed by atoms with Crippen LogP contribution >= 0.6 is 0 Å². The van der Waals surface area contributed by atoms with Gasteiger partial charge in [-0.15, -0.1) is 0 Å². The van der Waals surface area contributed by atoms with Crippen molar-refractivity contribution in [2.75, 3.05) is 26.0 Å². The molecule has 1 heterocycles. The molecule has 0 atom stereocenters. The van der Waals surface area contributed by atoms with Crippen LogP contribution in [0.3, 0.4) is 0 Å². The van der Waals surface area contributed by atoms with Crippen LogP contribution < -0.4 is 5.32 Å². The molecule has 0 fully saturated rings. The van der Waals surface area contributed by atoms with Crippen molar-refractivity contribution in [1.82, 2.24) is 9.88 Å². The monoisotopic (exact) mass is 273 g/mol. The number of hydrogen-bond acceptors (Lipinski definition) is 3. The van der Waals surface area contributed by atoms with Crippen LogP contribution in [0.1, 0.15) is 42.5 Å². The van der Waals surface area contributed by atoms with E-state index in [1.165, 1.54) is 25.7 Å². The average Bonchev–Trinajstić information content (AvgIpc) is 2.48. The van der Waals surface area contributed by atoms with E-state index in [-0.39, 0.29) is 5.91 Å². The first-order valence-corrected chi connectivity index (χ1v) is 7.26. The zero-order chi connectivity index (χ0) is 14.4. The minimum atomic E-state index is -0.0172. The Labute approximate surface area is 120 Å². The lowest BCUT2D eigenvalue weighted by molar-refractivity contribution is 0.0827. The molecular formula is C16H23N3O. The molecule has 0 aromatic carbocycles. The molecule has 0 aliphatic heterocycles. The van der Waals surface area contributed by atoms with Crippen molar-refractivity contribution in [3.63, 3.8) is 0 Å². The summed E-state index contributed by atoms with van der Waals surface area (Å²) in [6.07, 6.45) is 10.2. The van der Waals surface area contributed by atoms with Crippen molar-refractivity contribution in [2.24, 2.45) is 0 Å². The number of amides is 1. The van der Waals surface area contributed by atoms with Crippen LogP contribution in [0.4, 0.5) is 5.82 Å². The van der Waals surface area contributed by atoms with E-state index < -0.39 is 0 Å². The third-order valence-corrected chi connectivity index (χ3v) is 3.55. The van der Waals surface area contributed by atoms with Crippen molar-refractivity contribution in [1.29, 1.82) is 0 Å². The zero-order valence-electron chi connectivity index (χ0n) is 12.4. The number of aromatic nitrogens is 1. The van der Waals surface area contributed by atoms with Crippen LogP contribution in [0.25, 0.3) is 0 Å². The highest BCUT2D eigenvalue weighted by atomic mass is 16.2. The summed E-state index contributed by atoms with van der Waals surface area (Å²) in [6.45, 7) is 0.903. The van der Waals surface area contributed by atoms with E-state index in [4.69, 9.17) is 0 Å².